The van der Waals surface area contributed by atoms with E-state index in [0.29, 0.717) is 17.8 Å². The topological polar surface area (TPSA) is 95.7 Å². The standard InChI is InChI=1S/C13H19N3O4/c1-4-14-11-7-10(5-6-12(11)16(19)20)13(18)15(3)9(2)8-17/h5-7,9,14,17H,4,8H2,1-3H3. The first-order valence-corrected chi connectivity index (χ1v) is 6.32. The second kappa shape index (κ2) is 6.85. The molecule has 1 aromatic rings. The number of rotatable bonds is 6. The van der Waals surface area contributed by atoms with E-state index in [4.69, 9.17) is 5.11 Å². The number of hydrogen-bond acceptors (Lipinski definition) is 5. The molecule has 110 valence electrons. The van der Waals surface area contributed by atoms with Gasteiger partial charge in [-0.15, -0.1) is 0 Å². The van der Waals surface area contributed by atoms with Gasteiger partial charge in [0.2, 0.25) is 0 Å². The van der Waals surface area contributed by atoms with Crippen LogP contribution >= 0.6 is 0 Å². The predicted molar refractivity (Wildman–Crippen MR) is 75.9 cm³/mol. The van der Waals surface area contributed by atoms with Crippen molar-refractivity contribution in [2.24, 2.45) is 0 Å². The van der Waals surface area contributed by atoms with Gasteiger partial charge in [-0.25, -0.2) is 0 Å². The third-order valence-corrected chi connectivity index (χ3v) is 3.05. The number of nitro groups is 1. The Morgan fingerprint density at radius 2 is 2.20 bits per heavy atom. The summed E-state index contributed by atoms with van der Waals surface area (Å²) in [7, 11) is 1.58. The van der Waals surface area contributed by atoms with Crippen LogP contribution < -0.4 is 5.32 Å². The van der Waals surface area contributed by atoms with Gasteiger partial charge in [-0.2, -0.15) is 0 Å². The van der Waals surface area contributed by atoms with Crippen LogP contribution in [0.1, 0.15) is 24.2 Å². The third kappa shape index (κ3) is 3.45. The maximum atomic E-state index is 12.2. The summed E-state index contributed by atoms with van der Waals surface area (Å²) in [5, 5.41) is 22.8. The Balaban J connectivity index is 3.11. The number of carbonyl (C=O) groups is 1. The van der Waals surface area contributed by atoms with Gasteiger partial charge in [0, 0.05) is 25.2 Å². The van der Waals surface area contributed by atoms with Gasteiger partial charge in [0.1, 0.15) is 5.69 Å². The molecule has 20 heavy (non-hydrogen) atoms. The maximum Gasteiger partial charge on any atom is 0.292 e. The number of nitro benzene ring substituents is 1. The Morgan fingerprint density at radius 3 is 2.70 bits per heavy atom. The fraction of sp³-hybridized carbons (Fsp3) is 0.462. The molecule has 0 bridgehead atoms. The van der Waals surface area contributed by atoms with Crippen LogP contribution in [0.15, 0.2) is 18.2 Å². The number of likely N-dealkylation sites (N-methyl/N-ethyl adjacent to an activating group) is 1. The van der Waals surface area contributed by atoms with Gasteiger partial charge in [-0.1, -0.05) is 0 Å². The molecule has 0 spiro atoms. The van der Waals surface area contributed by atoms with Crippen molar-refractivity contribution in [1.82, 2.24) is 4.90 Å². The summed E-state index contributed by atoms with van der Waals surface area (Å²) in [6, 6.07) is 3.87. The molecule has 1 aromatic carbocycles. The first-order valence-electron chi connectivity index (χ1n) is 6.32. The number of benzene rings is 1. The lowest BCUT2D eigenvalue weighted by Crippen LogP contribution is -2.37. The quantitative estimate of drug-likeness (QED) is 0.608. The summed E-state index contributed by atoms with van der Waals surface area (Å²) in [6.45, 7) is 3.91. The molecule has 0 aromatic heterocycles. The van der Waals surface area contributed by atoms with Crippen LogP contribution in [0.4, 0.5) is 11.4 Å². The first kappa shape index (κ1) is 15.9. The molecule has 2 N–H and O–H groups in total. The third-order valence-electron chi connectivity index (χ3n) is 3.05. The normalized spacial score (nSPS) is 11.8. The van der Waals surface area contributed by atoms with Crippen molar-refractivity contribution in [3.05, 3.63) is 33.9 Å². The molecule has 0 aliphatic rings. The Morgan fingerprint density at radius 1 is 1.55 bits per heavy atom. The van der Waals surface area contributed by atoms with Crippen molar-refractivity contribution in [2.75, 3.05) is 25.5 Å². The molecule has 7 nitrogen and oxygen atoms in total. The van der Waals surface area contributed by atoms with E-state index < -0.39 is 4.92 Å². The molecular weight excluding hydrogens is 262 g/mol. The Kier molecular flexibility index (Phi) is 5.45. The molecule has 0 saturated carbocycles. The Labute approximate surface area is 117 Å². The molecule has 1 atom stereocenters. The van der Waals surface area contributed by atoms with Crippen molar-refractivity contribution in [3.63, 3.8) is 0 Å². The van der Waals surface area contributed by atoms with Gasteiger partial charge >= 0.3 is 0 Å². The summed E-state index contributed by atoms with van der Waals surface area (Å²) < 4.78 is 0. The number of nitrogens with zero attached hydrogens (tertiary/aromatic N) is 2. The lowest BCUT2D eigenvalue weighted by Gasteiger charge is -2.23. The fourth-order valence-electron chi connectivity index (χ4n) is 1.69. The van der Waals surface area contributed by atoms with Gasteiger partial charge in [0.25, 0.3) is 11.6 Å². The molecule has 0 fully saturated rings. The number of nitrogens with one attached hydrogen (secondary N) is 1. The van der Waals surface area contributed by atoms with Gasteiger partial charge in [0.15, 0.2) is 0 Å². The zero-order chi connectivity index (χ0) is 15.3. The van der Waals surface area contributed by atoms with Gasteiger partial charge in [-0.05, 0) is 26.0 Å². The summed E-state index contributed by atoms with van der Waals surface area (Å²) in [5.74, 6) is -0.291. The Bertz CT molecular complexity index is 504. The van der Waals surface area contributed by atoms with Crippen molar-refractivity contribution >= 4 is 17.3 Å². The minimum absolute atomic E-state index is 0.0683. The average Bonchev–Trinajstić information content (AvgIpc) is 2.44. The number of amides is 1. The zero-order valence-electron chi connectivity index (χ0n) is 11.8. The predicted octanol–water partition coefficient (Wildman–Crippen LogP) is 1.48. The molecule has 0 heterocycles. The highest BCUT2D eigenvalue weighted by molar-refractivity contribution is 5.96. The van der Waals surface area contributed by atoms with Gasteiger partial charge < -0.3 is 15.3 Å². The second-order valence-electron chi connectivity index (χ2n) is 4.47. The monoisotopic (exact) mass is 281 g/mol. The van der Waals surface area contributed by atoms with E-state index in [9.17, 15) is 14.9 Å². The maximum absolute atomic E-state index is 12.2. The SMILES string of the molecule is CCNc1cc(C(=O)N(C)C(C)CO)ccc1[N+](=O)[O-]. The molecule has 7 heteroatoms. The van der Waals surface area contributed by atoms with Crippen molar-refractivity contribution in [2.45, 2.75) is 19.9 Å². The van der Waals surface area contributed by atoms with Crippen LogP contribution in [0.5, 0.6) is 0 Å². The average molecular weight is 281 g/mol. The van der Waals surface area contributed by atoms with E-state index in [1.807, 2.05) is 6.92 Å². The fourth-order valence-corrected chi connectivity index (χ4v) is 1.69. The number of carbonyl (C=O) groups excluding carboxylic acids is 1. The molecule has 0 aliphatic carbocycles. The molecule has 0 aliphatic heterocycles. The molecule has 0 saturated heterocycles. The molecule has 1 amide bonds. The summed E-state index contributed by atoms with van der Waals surface area (Å²) in [6.07, 6.45) is 0. The van der Waals surface area contributed by atoms with E-state index in [0.717, 1.165) is 0 Å². The molecule has 1 rings (SSSR count). The van der Waals surface area contributed by atoms with Crippen LogP contribution in [-0.4, -0.2) is 47.1 Å². The highest BCUT2D eigenvalue weighted by atomic mass is 16.6. The lowest BCUT2D eigenvalue weighted by molar-refractivity contribution is -0.384. The van der Waals surface area contributed by atoms with Gasteiger partial charge in [-0.3, -0.25) is 14.9 Å². The van der Waals surface area contributed by atoms with E-state index in [-0.39, 0.29) is 24.2 Å². The first-order chi connectivity index (χ1) is 9.42. The molecule has 0 radical (unpaired) electrons. The van der Waals surface area contributed by atoms with Crippen LogP contribution in [0, 0.1) is 10.1 Å². The van der Waals surface area contributed by atoms with E-state index in [1.54, 1.807) is 14.0 Å². The zero-order valence-corrected chi connectivity index (χ0v) is 11.8. The van der Waals surface area contributed by atoms with Crippen molar-refractivity contribution in [3.8, 4) is 0 Å². The number of aliphatic hydroxyl groups is 1. The summed E-state index contributed by atoms with van der Waals surface area (Å²) in [5.41, 5.74) is 0.587. The van der Waals surface area contributed by atoms with E-state index in [2.05, 4.69) is 5.32 Å². The van der Waals surface area contributed by atoms with E-state index in [1.165, 1.54) is 23.1 Å². The van der Waals surface area contributed by atoms with Gasteiger partial charge in [0.05, 0.1) is 17.6 Å². The van der Waals surface area contributed by atoms with Crippen LogP contribution in [-0.2, 0) is 0 Å². The highest BCUT2D eigenvalue weighted by Crippen LogP contribution is 2.26. The summed E-state index contributed by atoms with van der Waals surface area (Å²) >= 11 is 0. The molecule has 1 unspecified atom stereocenters. The smallest absolute Gasteiger partial charge is 0.292 e. The van der Waals surface area contributed by atoms with Crippen LogP contribution in [0.2, 0.25) is 0 Å². The molecular formula is C13H19N3O4. The summed E-state index contributed by atoms with van der Waals surface area (Å²) in [4.78, 5) is 24.0. The minimum Gasteiger partial charge on any atom is -0.394 e. The number of hydrogen-bond donors (Lipinski definition) is 2. The van der Waals surface area contributed by atoms with Crippen LogP contribution in [0.3, 0.4) is 0 Å². The second-order valence-corrected chi connectivity index (χ2v) is 4.47. The lowest BCUT2D eigenvalue weighted by atomic mass is 10.1. The van der Waals surface area contributed by atoms with E-state index >= 15 is 0 Å². The highest BCUT2D eigenvalue weighted by Gasteiger charge is 2.20. The van der Waals surface area contributed by atoms with Crippen molar-refractivity contribution < 1.29 is 14.8 Å². The number of anilines is 1. The Hall–Kier alpha value is -2.15. The minimum atomic E-state index is -0.494. The largest absolute Gasteiger partial charge is 0.394 e. The number of aliphatic hydroxyl groups excluding tert-OH is 1. The van der Waals surface area contributed by atoms with Crippen molar-refractivity contribution in [1.29, 1.82) is 0 Å². The van der Waals surface area contributed by atoms with Crippen LogP contribution in [0.25, 0.3) is 0 Å².